The predicted molar refractivity (Wildman–Crippen MR) is 44.1 cm³/mol. The second kappa shape index (κ2) is 4.01. The first kappa shape index (κ1) is 8.93. The Balaban J connectivity index is 2.58. The van der Waals surface area contributed by atoms with E-state index in [0.717, 1.165) is 12.1 Å². The summed E-state index contributed by atoms with van der Waals surface area (Å²) in [6.45, 7) is 2.11. The molecule has 1 aromatic heterocycles. The van der Waals surface area contributed by atoms with Crippen LogP contribution in [0.4, 0.5) is 0 Å². The molecule has 0 bridgehead atoms. The van der Waals surface area contributed by atoms with Gasteiger partial charge in [0, 0.05) is 26.7 Å². The third-order valence-electron chi connectivity index (χ3n) is 1.53. The van der Waals surface area contributed by atoms with E-state index in [-0.39, 0.29) is 5.91 Å². The molecule has 0 aromatic carbocycles. The molecule has 0 aliphatic carbocycles. The Bertz CT molecular complexity index is 268. The number of carbonyl (C=O) groups excluding carboxylic acids is 1. The standard InChI is InChI=1S/C8H12N2O2/c1-7(11)10-5-3-8(9-10)4-6-12-2/h3,5H,4,6H2,1-2H3. The molecule has 0 N–H and O–H groups in total. The third kappa shape index (κ3) is 2.17. The smallest absolute Gasteiger partial charge is 0.243 e. The van der Waals surface area contributed by atoms with Crippen LogP contribution in [0.2, 0.25) is 0 Å². The summed E-state index contributed by atoms with van der Waals surface area (Å²) < 4.78 is 6.21. The van der Waals surface area contributed by atoms with Crippen molar-refractivity contribution in [3.63, 3.8) is 0 Å². The van der Waals surface area contributed by atoms with Gasteiger partial charge >= 0.3 is 0 Å². The molecule has 0 fully saturated rings. The predicted octanol–water partition coefficient (Wildman–Crippen LogP) is 0.732. The van der Waals surface area contributed by atoms with Gasteiger partial charge in [-0.3, -0.25) is 4.79 Å². The van der Waals surface area contributed by atoms with Gasteiger partial charge in [-0.25, -0.2) is 4.68 Å². The minimum absolute atomic E-state index is 0.0707. The fraction of sp³-hybridized carbons (Fsp3) is 0.500. The van der Waals surface area contributed by atoms with E-state index in [4.69, 9.17) is 4.74 Å². The molecule has 4 nitrogen and oxygen atoms in total. The van der Waals surface area contributed by atoms with Crippen molar-refractivity contribution >= 4 is 5.91 Å². The van der Waals surface area contributed by atoms with Gasteiger partial charge in [0.15, 0.2) is 0 Å². The van der Waals surface area contributed by atoms with E-state index < -0.39 is 0 Å². The first-order valence-corrected chi connectivity index (χ1v) is 3.78. The first-order chi connectivity index (χ1) is 5.74. The lowest BCUT2D eigenvalue weighted by molar-refractivity contribution is 0.0920. The molecule has 0 spiro atoms. The first-order valence-electron chi connectivity index (χ1n) is 3.78. The molecule has 1 rings (SSSR count). The average Bonchev–Trinajstić information content (AvgIpc) is 2.48. The van der Waals surface area contributed by atoms with Crippen LogP contribution in [0.3, 0.4) is 0 Å². The number of methoxy groups -OCH3 is 1. The molecule has 0 aliphatic heterocycles. The van der Waals surface area contributed by atoms with Gasteiger partial charge in [0.1, 0.15) is 0 Å². The Morgan fingerprint density at radius 3 is 3.00 bits per heavy atom. The summed E-state index contributed by atoms with van der Waals surface area (Å²) >= 11 is 0. The zero-order valence-corrected chi connectivity index (χ0v) is 7.28. The highest BCUT2D eigenvalue weighted by atomic mass is 16.5. The third-order valence-corrected chi connectivity index (χ3v) is 1.53. The van der Waals surface area contributed by atoms with Crippen molar-refractivity contribution in [2.75, 3.05) is 13.7 Å². The van der Waals surface area contributed by atoms with Crippen LogP contribution >= 0.6 is 0 Å². The average molecular weight is 168 g/mol. The quantitative estimate of drug-likeness (QED) is 0.668. The highest BCUT2D eigenvalue weighted by Gasteiger charge is 2.00. The van der Waals surface area contributed by atoms with Crippen LogP contribution in [0.5, 0.6) is 0 Å². The fourth-order valence-electron chi connectivity index (χ4n) is 0.877. The molecule has 0 radical (unpaired) electrons. The minimum atomic E-state index is -0.0707. The van der Waals surface area contributed by atoms with Crippen LogP contribution in [0, 0.1) is 0 Å². The lowest BCUT2D eigenvalue weighted by Crippen LogP contribution is -2.06. The number of carbonyl (C=O) groups is 1. The molecule has 0 saturated carbocycles. The van der Waals surface area contributed by atoms with Crippen molar-refractivity contribution in [3.8, 4) is 0 Å². The van der Waals surface area contributed by atoms with Gasteiger partial charge in [-0.05, 0) is 6.07 Å². The highest BCUT2D eigenvalue weighted by molar-refractivity contribution is 5.74. The van der Waals surface area contributed by atoms with Gasteiger partial charge in [0.05, 0.1) is 12.3 Å². The molecule has 1 aromatic rings. The number of hydrogen-bond acceptors (Lipinski definition) is 3. The summed E-state index contributed by atoms with van der Waals surface area (Å²) in [4.78, 5) is 10.8. The number of ether oxygens (including phenoxy) is 1. The van der Waals surface area contributed by atoms with E-state index >= 15 is 0 Å². The monoisotopic (exact) mass is 168 g/mol. The van der Waals surface area contributed by atoms with Crippen molar-refractivity contribution in [2.45, 2.75) is 13.3 Å². The van der Waals surface area contributed by atoms with E-state index in [0.29, 0.717) is 6.61 Å². The van der Waals surface area contributed by atoms with Crippen molar-refractivity contribution in [1.29, 1.82) is 0 Å². The molecule has 0 atom stereocenters. The van der Waals surface area contributed by atoms with Crippen molar-refractivity contribution in [3.05, 3.63) is 18.0 Å². The molecule has 1 heterocycles. The Kier molecular flexibility index (Phi) is 2.99. The molecule has 66 valence electrons. The second-order valence-corrected chi connectivity index (χ2v) is 2.51. The molecular formula is C8H12N2O2. The maximum Gasteiger partial charge on any atom is 0.243 e. The van der Waals surface area contributed by atoms with Gasteiger partial charge < -0.3 is 4.74 Å². The molecular weight excluding hydrogens is 156 g/mol. The van der Waals surface area contributed by atoms with E-state index in [2.05, 4.69) is 5.10 Å². The van der Waals surface area contributed by atoms with Crippen LogP contribution in [-0.4, -0.2) is 29.4 Å². The van der Waals surface area contributed by atoms with E-state index in [1.54, 1.807) is 13.3 Å². The van der Waals surface area contributed by atoms with Crippen molar-refractivity contribution < 1.29 is 9.53 Å². The van der Waals surface area contributed by atoms with Gasteiger partial charge in [-0.2, -0.15) is 5.10 Å². The topological polar surface area (TPSA) is 44.1 Å². The molecule has 4 heteroatoms. The number of rotatable bonds is 3. The van der Waals surface area contributed by atoms with Crippen LogP contribution < -0.4 is 0 Å². The lowest BCUT2D eigenvalue weighted by atomic mass is 10.3. The second-order valence-electron chi connectivity index (χ2n) is 2.51. The van der Waals surface area contributed by atoms with Crippen molar-refractivity contribution in [1.82, 2.24) is 9.78 Å². The van der Waals surface area contributed by atoms with Crippen LogP contribution in [0.25, 0.3) is 0 Å². The van der Waals surface area contributed by atoms with Crippen LogP contribution in [0.15, 0.2) is 12.3 Å². The van der Waals surface area contributed by atoms with E-state index in [9.17, 15) is 4.79 Å². The largest absolute Gasteiger partial charge is 0.384 e. The van der Waals surface area contributed by atoms with E-state index in [1.807, 2.05) is 6.07 Å². The SMILES string of the molecule is COCCc1ccn(C(C)=O)n1. The summed E-state index contributed by atoms with van der Waals surface area (Å²) in [6, 6.07) is 1.82. The number of nitrogens with zero attached hydrogens (tertiary/aromatic N) is 2. The Morgan fingerprint density at radius 2 is 2.50 bits per heavy atom. The summed E-state index contributed by atoms with van der Waals surface area (Å²) in [7, 11) is 1.64. The lowest BCUT2D eigenvalue weighted by Gasteiger charge is -1.94. The zero-order valence-electron chi connectivity index (χ0n) is 7.28. The van der Waals surface area contributed by atoms with E-state index in [1.165, 1.54) is 11.6 Å². The molecule has 0 saturated heterocycles. The van der Waals surface area contributed by atoms with Gasteiger partial charge in [-0.1, -0.05) is 0 Å². The highest BCUT2D eigenvalue weighted by Crippen LogP contribution is 1.96. The Hall–Kier alpha value is -1.16. The minimum Gasteiger partial charge on any atom is -0.384 e. The molecule has 0 unspecified atom stereocenters. The number of hydrogen-bond donors (Lipinski definition) is 0. The summed E-state index contributed by atoms with van der Waals surface area (Å²) in [5.41, 5.74) is 0.882. The fourth-order valence-corrected chi connectivity index (χ4v) is 0.877. The van der Waals surface area contributed by atoms with Crippen LogP contribution in [0.1, 0.15) is 17.4 Å². The number of aromatic nitrogens is 2. The van der Waals surface area contributed by atoms with Gasteiger partial charge in [0.25, 0.3) is 0 Å². The summed E-state index contributed by atoms with van der Waals surface area (Å²) in [6.07, 6.45) is 2.41. The van der Waals surface area contributed by atoms with Crippen LogP contribution in [-0.2, 0) is 11.2 Å². The normalized spacial score (nSPS) is 10.2. The summed E-state index contributed by atoms with van der Waals surface area (Å²) in [5, 5.41) is 4.03. The van der Waals surface area contributed by atoms with Gasteiger partial charge in [0.2, 0.25) is 5.91 Å². The molecule has 0 aliphatic rings. The zero-order chi connectivity index (χ0) is 8.97. The summed E-state index contributed by atoms with van der Waals surface area (Å²) in [5.74, 6) is -0.0707. The van der Waals surface area contributed by atoms with Crippen molar-refractivity contribution in [2.24, 2.45) is 0 Å². The molecule has 12 heavy (non-hydrogen) atoms. The Labute approximate surface area is 71.1 Å². The van der Waals surface area contributed by atoms with Gasteiger partial charge in [-0.15, -0.1) is 0 Å². The maximum atomic E-state index is 10.8. The molecule has 0 amide bonds. The maximum absolute atomic E-state index is 10.8. The Morgan fingerprint density at radius 1 is 1.75 bits per heavy atom.